The SMILES string of the molecule is C=C[CH2][Na].O[Si](O)(O)O. The molecule has 6 heteroatoms. The van der Waals surface area contributed by atoms with Gasteiger partial charge in [-0.1, -0.05) is 0 Å². The van der Waals surface area contributed by atoms with Gasteiger partial charge in [0.2, 0.25) is 0 Å². The fraction of sp³-hybridized carbons (Fsp3) is 0.333. The molecule has 0 aromatic rings. The van der Waals surface area contributed by atoms with Crippen molar-refractivity contribution in [2.45, 2.75) is 3.67 Å². The van der Waals surface area contributed by atoms with E-state index < -0.39 is 9.05 Å². The second-order valence-electron chi connectivity index (χ2n) is 1.30. The molecular formula is C3H9NaO4Si. The summed E-state index contributed by atoms with van der Waals surface area (Å²) in [5.41, 5.74) is 0. The Balaban J connectivity index is 0. The molecule has 0 spiro atoms. The number of hydrogen-bond donors (Lipinski definition) is 4. The number of rotatable bonds is 1. The molecule has 0 saturated carbocycles. The predicted octanol–water partition coefficient (Wildman–Crippen LogP) is -1.85. The standard InChI is InChI=1S/C3H5.Na.H4O4Si/c1-3-2;;1-5(2,3)4/h3H,1-2H2;;1-4H. The van der Waals surface area contributed by atoms with Crippen LogP contribution in [0.15, 0.2) is 12.7 Å². The summed E-state index contributed by atoms with van der Waals surface area (Å²) < 4.78 is 1.22. The topological polar surface area (TPSA) is 80.9 Å². The summed E-state index contributed by atoms with van der Waals surface area (Å²) in [4.78, 5) is 29.3. The zero-order valence-corrected chi connectivity index (χ0v) is 8.28. The van der Waals surface area contributed by atoms with E-state index in [4.69, 9.17) is 19.2 Å². The molecule has 0 bridgehead atoms. The largest absolute Gasteiger partial charge is 0.668 e. The van der Waals surface area contributed by atoms with Gasteiger partial charge in [-0.05, 0) is 0 Å². The van der Waals surface area contributed by atoms with Crippen LogP contribution in [0.25, 0.3) is 0 Å². The normalized spacial score (nSPS) is 9.56. The fourth-order valence-corrected chi connectivity index (χ4v) is 0. The zero-order chi connectivity index (χ0) is 7.91. The molecule has 4 N–H and O–H groups in total. The minimum absolute atomic E-state index is 1.22. The van der Waals surface area contributed by atoms with Crippen molar-refractivity contribution in [1.82, 2.24) is 0 Å². The molecule has 0 aliphatic carbocycles. The van der Waals surface area contributed by atoms with Gasteiger partial charge in [-0.2, -0.15) is 0 Å². The second kappa shape index (κ2) is 6.91. The van der Waals surface area contributed by atoms with Crippen LogP contribution in [0.2, 0.25) is 3.67 Å². The Labute approximate surface area is 72.4 Å². The van der Waals surface area contributed by atoms with E-state index in [9.17, 15) is 0 Å². The van der Waals surface area contributed by atoms with Crippen LogP contribution in [0.5, 0.6) is 0 Å². The van der Waals surface area contributed by atoms with Gasteiger partial charge in [0.25, 0.3) is 0 Å². The average Bonchev–Trinajstić information content (AvgIpc) is 1.61. The van der Waals surface area contributed by atoms with Crippen LogP contribution < -0.4 is 0 Å². The minimum Gasteiger partial charge on any atom is -0.368 e. The van der Waals surface area contributed by atoms with Gasteiger partial charge in [-0.25, -0.2) is 0 Å². The van der Waals surface area contributed by atoms with Crippen molar-refractivity contribution in [3.05, 3.63) is 12.7 Å². The van der Waals surface area contributed by atoms with Crippen molar-refractivity contribution < 1.29 is 19.2 Å². The van der Waals surface area contributed by atoms with Gasteiger partial charge in [-0.3, -0.25) is 0 Å². The summed E-state index contributed by atoms with van der Waals surface area (Å²) in [5, 5.41) is 0. The van der Waals surface area contributed by atoms with E-state index in [1.807, 2.05) is 6.08 Å². The third-order valence-corrected chi connectivity index (χ3v) is 0.866. The van der Waals surface area contributed by atoms with Crippen LogP contribution in [-0.4, -0.2) is 56.2 Å². The monoisotopic (exact) mass is 160 g/mol. The second-order valence-corrected chi connectivity index (χ2v) is 3.31. The molecule has 0 amide bonds. The van der Waals surface area contributed by atoms with Crippen molar-refractivity contribution >= 4 is 37.0 Å². The number of allylic oxidation sites excluding steroid dienone is 1. The van der Waals surface area contributed by atoms with Crippen LogP contribution in [0.3, 0.4) is 0 Å². The first kappa shape index (κ1) is 12.5. The third-order valence-electron chi connectivity index (χ3n) is 0.289. The summed E-state index contributed by atoms with van der Waals surface area (Å²) >= 11 is 1.27. The van der Waals surface area contributed by atoms with Gasteiger partial charge in [0.1, 0.15) is 0 Å². The maximum Gasteiger partial charge on any atom is 0.668 e. The van der Waals surface area contributed by atoms with E-state index in [1.54, 1.807) is 0 Å². The van der Waals surface area contributed by atoms with Gasteiger partial charge in [0.05, 0.1) is 0 Å². The Bertz CT molecular complexity index is 64.7. The van der Waals surface area contributed by atoms with Crippen LogP contribution >= 0.6 is 0 Å². The fourth-order valence-electron chi connectivity index (χ4n) is 0. The molecule has 50 valence electrons. The molecule has 0 fully saturated rings. The molecule has 9 heavy (non-hydrogen) atoms. The molecule has 4 nitrogen and oxygen atoms in total. The van der Waals surface area contributed by atoms with E-state index in [0.717, 1.165) is 0 Å². The van der Waals surface area contributed by atoms with E-state index >= 15 is 0 Å². The molecule has 0 radical (unpaired) electrons. The Morgan fingerprint density at radius 1 is 1.33 bits per heavy atom. The summed E-state index contributed by atoms with van der Waals surface area (Å²) in [6.07, 6.45) is 1.94. The van der Waals surface area contributed by atoms with Crippen LogP contribution in [-0.2, 0) is 0 Å². The smallest absolute Gasteiger partial charge is 0.368 e. The van der Waals surface area contributed by atoms with E-state index in [-0.39, 0.29) is 0 Å². The summed E-state index contributed by atoms with van der Waals surface area (Å²) in [5.74, 6) is 0. The van der Waals surface area contributed by atoms with Crippen LogP contribution in [0, 0.1) is 0 Å². The summed E-state index contributed by atoms with van der Waals surface area (Å²) in [6.45, 7) is 3.51. The van der Waals surface area contributed by atoms with E-state index in [1.165, 1.54) is 31.6 Å². The van der Waals surface area contributed by atoms with Gasteiger partial charge in [0, 0.05) is 0 Å². The van der Waals surface area contributed by atoms with Gasteiger partial charge >= 0.3 is 53.3 Å². The maximum absolute atomic E-state index is 7.33. The van der Waals surface area contributed by atoms with Gasteiger partial charge in [-0.15, -0.1) is 0 Å². The Morgan fingerprint density at radius 3 is 1.44 bits per heavy atom. The summed E-state index contributed by atoms with van der Waals surface area (Å²) in [6, 6.07) is 0. The van der Waals surface area contributed by atoms with Crippen LogP contribution in [0.4, 0.5) is 0 Å². The van der Waals surface area contributed by atoms with Crippen molar-refractivity contribution in [1.29, 1.82) is 0 Å². The molecule has 0 atom stereocenters. The Morgan fingerprint density at radius 2 is 1.44 bits per heavy atom. The molecule has 0 heterocycles. The van der Waals surface area contributed by atoms with Crippen LogP contribution in [0.1, 0.15) is 0 Å². The number of hydrogen-bond acceptors (Lipinski definition) is 4. The molecule has 0 rings (SSSR count). The third kappa shape index (κ3) is 126. The van der Waals surface area contributed by atoms with Crippen molar-refractivity contribution in [2.24, 2.45) is 0 Å². The quantitative estimate of drug-likeness (QED) is 0.268. The van der Waals surface area contributed by atoms with Crippen molar-refractivity contribution in [3.8, 4) is 0 Å². The molecule has 0 unspecified atom stereocenters. The molecular weight excluding hydrogens is 151 g/mol. The molecule has 0 saturated heterocycles. The van der Waals surface area contributed by atoms with Gasteiger partial charge in [0.15, 0.2) is 0 Å². The Kier molecular flexibility index (Phi) is 9.58. The van der Waals surface area contributed by atoms with E-state index in [2.05, 4.69) is 6.58 Å². The van der Waals surface area contributed by atoms with Crippen molar-refractivity contribution in [3.63, 3.8) is 0 Å². The first-order valence-corrected chi connectivity index (χ1v) is 5.62. The molecule has 0 aromatic carbocycles. The zero-order valence-electron chi connectivity index (χ0n) is 5.28. The maximum atomic E-state index is 7.33. The van der Waals surface area contributed by atoms with Gasteiger partial charge < -0.3 is 19.2 Å². The average molecular weight is 160 g/mol. The Hall–Kier alpha value is 0.797. The van der Waals surface area contributed by atoms with Crippen molar-refractivity contribution in [2.75, 3.05) is 0 Å². The molecule has 0 aliphatic heterocycles. The summed E-state index contributed by atoms with van der Waals surface area (Å²) in [7, 11) is -4.61. The first-order valence-electron chi connectivity index (χ1n) is 2.42. The predicted molar refractivity (Wildman–Crippen MR) is 35.4 cm³/mol. The minimum atomic E-state index is -4.61. The first-order chi connectivity index (χ1) is 3.91. The molecule has 0 aliphatic rings. The van der Waals surface area contributed by atoms with E-state index in [0.29, 0.717) is 0 Å². The molecule has 0 aromatic heterocycles.